The van der Waals surface area contributed by atoms with Crippen LogP contribution in [0.1, 0.15) is 45.8 Å². The zero-order valence-electron chi connectivity index (χ0n) is 18.6. The van der Waals surface area contributed by atoms with E-state index in [0.717, 1.165) is 11.1 Å². The van der Waals surface area contributed by atoms with E-state index in [2.05, 4.69) is 42.6 Å². The molecule has 0 bridgehead atoms. The van der Waals surface area contributed by atoms with Gasteiger partial charge in [-0.3, -0.25) is 9.59 Å². The molecular weight excluding hydrogens is 502 g/mol. The fourth-order valence-corrected chi connectivity index (χ4v) is 3.65. The van der Waals surface area contributed by atoms with Gasteiger partial charge in [0.1, 0.15) is 5.69 Å². The van der Waals surface area contributed by atoms with Crippen molar-refractivity contribution in [2.24, 2.45) is 0 Å². The lowest BCUT2D eigenvalue weighted by Crippen LogP contribution is -2.18. The molecule has 1 heterocycles. The van der Waals surface area contributed by atoms with E-state index < -0.39 is 11.3 Å². The highest BCUT2D eigenvalue weighted by atomic mass is 79.9. The second-order valence-electron chi connectivity index (χ2n) is 7.81. The van der Waals surface area contributed by atoms with E-state index in [1.807, 2.05) is 25.3 Å². The molecule has 0 aliphatic carbocycles. The summed E-state index contributed by atoms with van der Waals surface area (Å²) in [6.07, 6.45) is 3.37. The predicted octanol–water partition coefficient (Wildman–Crippen LogP) is 5.58. The Morgan fingerprint density at radius 3 is 2.58 bits per heavy atom. The first kappa shape index (κ1) is 24.4. The number of carbonyl (C=O) groups excluding carboxylic acids is 2. The molecule has 0 unspecified atom stereocenters. The van der Waals surface area contributed by atoms with Crippen molar-refractivity contribution in [1.82, 2.24) is 9.97 Å². The van der Waals surface area contributed by atoms with Gasteiger partial charge in [-0.15, -0.1) is 0 Å². The van der Waals surface area contributed by atoms with Crippen molar-refractivity contribution in [2.75, 3.05) is 16.9 Å². The maximum Gasteiger partial charge on any atom is 0.275 e. The van der Waals surface area contributed by atoms with E-state index in [1.54, 1.807) is 50.4 Å². The van der Waals surface area contributed by atoms with Gasteiger partial charge in [0, 0.05) is 23.1 Å². The molecule has 3 rings (SSSR count). The van der Waals surface area contributed by atoms with E-state index in [9.17, 15) is 14.9 Å². The topological polar surface area (TPSA) is 108 Å². The number of aryl methyl sites for hydroxylation is 1. The second-order valence-corrected chi connectivity index (χ2v) is 9.44. The van der Waals surface area contributed by atoms with Crippen LogP contribution in [0.4, 0.5) is 11.4 Å². The summed E-state index contributed by atoms with van der Waals surface area (Å²) in [4.78, 5) is 34.0. The molecule has 7 nitrogen and oxygen atoms in total. The summed E-state index contributed by atoms with van der Waals surface area (Å²) in [5, 5.41) is 15.6. The van der Waals surface area contributed by atoms with Gasteiger partial charge in [-0.2, -0.15) is 5.26 Å². The summed E-state index contributed by atoms with van der Waals surface area (Å²) in [6, 6.07) is 14.5. The molecule has 2 aromatic carbocycles. The fourth-order valence-electron chi connectivity index (χ4n) is 2.94. The average molecular weight is 524 g/mol. The monoisotopic (exact) mass is 523 g/mol. The Bertz CT molecular complexity index is 1270. The third kappa shape index (κ3) is 5.78. The number of thioether (sulfide) groups is 1. The zero-order valence-corrected chi connectivity index (χ0v) is 21.0. The van der Waals surface area contributed by atoms with Crippen molar-refractivity contribution in [3.05, 3.63) is 75.5 Å². The third-order valence-electron chi connectivity index (χ3n) is 4.99. The second kappa shape index (κ2) is 10.1. The van der Waals surface area contributed by atoms with Crippen LogP contribution < -0.4 is 10.6 Å². The molecule has 33 heavy (non-hydrogen) atoms. The van der Waals surface area contributed by atoms with E-state index in [-0.39, 0.29) is 11.6 Å². The molecule has 0 aliphatic rings. The van der Waals surface area contributed by atoms with Gasteiger partial charge in [-0.25, -0.2) is 9.97 Å². The van der Waals surface area contributed by atoms with Crippen LogP contribution in [-0.4, -0.2) is 28.0 Å². The summed E-state index contributed by atoms with van der Waals surface area (Å²) >= 11 is 4.66. The first-order valence-electron chi connectivity index (χ1n) is 9.96. The Morgan fingerprint density at radius 1 is 1.12 bits per heavy atom. The van der Waals surface area contributed by atoms with Crippen molar-refractivity contribution >= 4 is 50.9 Å². The Balaban J connectivity index is 1.81. The number of halogens is 1. The smallest absolute Gasteiger partial charge is 0.275 e. The first-order chi connectivity index (χ1) is 15.6. The molecule has 168 valence electrons. The van der Waals surface area contributed by atoms with E-state index in [1.165, 1.54) is 11.8 Å². The number of nitrogens with one attached hydrogen (secondary N) is 2. The Hall–Kier alpha value is -3.22. The number of carbonyl (C=O) groups is 2. The predicted molar refractivity (Wildman–Crippen MR) is 134 cm³/mol. The number of aromatic nitrogens is 2. The van der Waals surface area contributed by atoms with Gasteiger partial charge in [0.05, 0.1) is 16.0 Å². The molecule has 2 N–H and O–H groups in total. The van der Waals surface area contributed by atoms with Gasteiger partial charge in [-0.1, -0.05) is 30.0 Å². The molecule has 0 spiro atoms. The summed E-state index contributed by atoms with van der Waals surface area (Å²) in [5.74, 6) is -0.701. The molecule has 1 aromatic heterocycles. The number of hydrogen-bond donors (Lipinski definition) is 2. The van der Waals surface area contributed by atoms with Crippen LogP contribution in [0, 0.1) is 18.3 Å². The van der Waals surface area contributed by atoms with Crippen molar-refractivity contribution in [2.45, 2.75) is 31.3 Å². The fraction of sp³-hybridized carbons (Fsp3) is 0.208. The highest BCUT2D eigenvalue weighted by molar-refractivity contribution is 9.10. The van der Waals surface area contributed by atoms with Crippen molar-refractivity contribution < 1.29 is 9.59 Å². The standard InChI is InChI=1S/C24H22BrN5O2S/c1-14-8-9-17(28-21(31)15-6-5-7-16(10-15)24(2,3)13-26)11-19(14)29-22(32)20-18(25)12-27-23(30-20)33-4/h5-12H,1-4H3,(H,28,31)(H,29,32). The number of hydrogen-bond acceptors (Lipinski definition) is 6. The van der Waals surface area contributed by atoms with Crippen LogP contribution >= 0.6 is 27.7 Å². The molecule has 0 radical (unpaired) electrons. The van der Waals surface area contributed by atoms with Crippen LogP contribution in [0.25, 0.3) is 0 Å². The highest BCUT2D eigenvalue weighted by Gasteiger charge is 2.21. The maximum absolute atomic E-state index is 12.8. The largest absolute Gasteiger partial charge is 0.322 e. The summed E-state index contributed by atoms with van der Waals surface area (Å²) in [5.41, 5.74) is 2.62. The number of nitriles is 1. The van der Waals surface area contributed by atoms with Crippen LogP contribution in [0.2, 0.25) is 0 Å². The number of nitrogens with zero attached hydrogens (tertiary/aromatic N) is 3. The number of amides is 2. The maximum atomic E-state index is 12.8. The summed E-state index contributed by atoms with van der Waals surface area (Å²) in [6.45, 7) is 5.46. The van der Waals surface area contributed by atoms with Gasteiger partial charge >= 0.3 is 0 Å². The lowest BCUT2D eigenvalue weighted by molar-refractivity contribution is 0.101. The van der Waals surface area contributed by atoms with Gasteiger partial charge in [-0.05, 0) is 78.3 Å². The van der Waals surface area contributed by atoms with Gasteiger partial charge < -0.3 is 10.6 Å². The molecule has 0 fully saturated rings. The first-order valence-corrected chi connectivity index (χ1v) is 12.0. The number of rotatable bonds is 6. The highest BCUT2D eigenvalue weighted by Crippen LogP contribution is 2.25. The zero-order chi connectivity index (χ0) is 24.2. The third-order valence-corrected chi connectivity index (χ3v) is 6.13. The summed E-state index contributed by atoms with van der Waals surface area (Å²) in [7, 11) is 0. The Morgan fingerprint density at radius 2 is 1.88 bits per heavy atom. The lowest BCUT2D eigenvalue weighted by Gasteiger charge is -2.17. The lowest BCUT2D eigenvalue weighted by atomic mass is 9.85. The van der Waals surface area contributed by atoms with Gasteiger partial charge in [0.2, 0.25) is 0 Å². The number of anilines is 2. The van der Waals surface area contributed by atoms with E-state index in [4.69, 9.17) is 0 Å². The molecule has 3 aromatic rings. The minimum Gasteiger partial charge on any atom is -0.322 e. The van der Waals surface area contributed by atoms with Crippen molar-refractivity contribution in [3.63, 3.8) is 0 Å². The van der Waals surface area contributed by atoms with E-state index in [0.29, 0.717) is 26.6 Å². The minimum atomic E-state index is -0.705. The van der Waals surface area contributed by atoms with Crippen molar-refractivity contribution in [3.8, 4) is 6.07 Å². The quantitative estimate of drug-likeness (QED) is 0.322. The molecular formula is C24H22BrN5O2S. The normalized spacial score (nSPS) is 10.9. The van der Waals surface area contributed by atoms with E-state index >= 15 is 0 Å². The van der Waals surface area contributed by atoms with Crippen LogP contribution in [0.5, 0.6) is 0 Å². The van der Waals surface area contributed by atoms with Crippen LogP contribution in [0.3, 0.4) is 0 Å². The van der Waals surface area contributed by atoms with Gasteiger partial charge in [0.15, 0.2) is 5.16 Å². The molecule has 2 amide bonds. The molecule has 0 saturated carbocycles. The Labute approximate surface area is 205 Å². The molecule has 0 saturated heterocycles. The van der Waals surface area contributed by atoms with Crippen LogP contribution in [0.15, 0.2) is 58.3 Å². The number of benzene rings is 2. The molecule has 0 aliphatic heterocycles. The summed E-state index contributed by atoms with van der Waals surface area (Å²) < 4.78 is 0.486. The average Bonchev–Trinajstić information content (AvgIpc) is 2.81. The molecule has 0 atom stereocenters. The molecule has 9 heteroatoms. The van der Waals surface area contributed by atoms with Crippen molar-refractivity contribution in [1.29, 1.82) is 5.26 Å². The Kier molecular flexibility index (Phi) is 7.51. The SMILES string of the molecule is CSc1ncc(Br)c(C(=O)Nc2cc(NC(=O)c3cccc(C(C)(C)C#N)c3)ccc2C)n1. The van der Waals surface area contributed by atoms with Gasteiger partial charge in [0.25, 0.3) is 11.8 Å². The van der Waals surface area contributed by atoms with Crippen LogP contribution in [-0.2, 0) is 5.41 Å². The minimum absolute atomic E-state index is 0.222.